The Labute approximate surface area is 133 Å². The molecule has 2 aliphatic rings. The maximum Gasteiger partial charge on any atom is 0.262 e. The van der Waals surface area contributed by atoms with Gasteiger partial charge in [0.25, 0.3) is 10.0 Å². The summed E-state index contributed by atoms with van der Waals surface area (Å²) in [6.45, 7) is 3.97. The van der Waals surface area contributed by atoms with E-state index in [1.54, 1.807) is 28.4 Å². The van der Waals surface area contributed by atoms with Crippen molar-refractivity contribution in [1.29, 1.82) is 0 Å². The summed E-state index contributed by atoms with van der Waals surface area (Å²) in [7, 11) is -1.65. The minimum absolute atomic E-state index is 0.126. The molecule has 22 heavy (non-hydrogen) atoms. The van der Waals surface area contributed by atoms with Crippen LogP contribution in [0.3, 0.4) is 0 Å². The van der Waals surface area contributed by atoms with E-state index in [4.69, 9.17) is 0 Å². The first kappa shape index (κ1) is 16.0. The minimum atomic E-state index is -3.45. The van der Waals surface area contributed by atoms with Crippen molar-refractivity contribution < 1.29 is 8.42 Å². The van der Waals surface area contributed by atoms with E-state index in [2.05, 4.69) is 9.88 Å². The standard InChI is InChI=1S/C15H26N4O2S/c1-17-12-15(16-13-17)22(20,21)19-10-3-2-6-14(19)7-11-18-8-4-5-9-18/h12-14H,2-11H2,1H3. The van der Waals surface area contributed by atoms with Gasteiger partial charge in [0.15, 0.2) is 5.03 Å². The largest absolute Gasteiger partial charge is 0.339 e. The Balaban J connectivity index is 1.71. The quantitative estimate of drug-likeness (QED) is 0.822. The number of aryl methyl sites for hydroxylation is 1. The summed E-state index contributed by atoms with van der Waals surface area (Å²) in [5.41, 5.74) is 0. The number of nitrogens with zero attached hydrogens (tertiary/aromatic N) is 4. The molecule has 0 aromatic carbocycles. The summed E-state index contributed by atoms with van der Waals surface area (Å²) in [5.74, 6) is 0. The van der Waals surface area contributed by atoms with Crippen molar-refractivity contribution >= 4 is 10.0 Å². The van der Waals surface area contributed by atoms with Gasteiger partial charge >= 0.3 is 0 Å². The molecule has 0 amide bonds. The lowest BCUT2D eigenvalue weighted by atomic mass is 10.0. The normalized spacial score (nSPS) is 24.9. The van der Waals surface area contributed by atoms with Crippen LogP contribution >= 0.6 is 0 Å². The second kappa shape index (κ2) is 6.68. The molecule has 3 heterocycles. The second-order valence-corrected chi connectivity index (χ2v) is 8.32. The maximum atomic E-state index is 12.8. The zero-order valence-corrected chi connectivity index (χ0v) is 14.1. The summed E-state index contributed by atoms with van der Waals surface area (Å²) < 4.78 is 29.1. The predicted molar refractivity (Wildman–Crippen MR) is 85.0 cm³/mol. The lowest BCUT2D eigenvalue weighted by Crippen LogP contribution is -2.45. The number of likely N-dealkylation sites (tertiary alicyclic amines) is 1. The molecular formula is C15H26N4O2S. The third-order valence-corrected chi connectivity index (χ3v) is 6.64. The maximum absolute atomic E-state index is 12.8. The van der Waals surface area contributed by atoms with E-state index >= 15 is 0 Å². The number of hydrogen-bond acceptors (Lipinski definition) is 4. The Morgan fingerprint density at radius 3 is 2.59 bits per heavy atom. The Morgan fingerprint density at radius 2 is 1.91 bits per heavy atom. The molecule has 0 bridgehead atoms. The van der Waals surface area contributed by atoms with Gasteiger partial charge in [-0.2, -0.15) is 4.31 Å². The Hall–Kier alpha value is -0.920. The number of rotatable bonds is 5. The van der Waals surface area contributed by atoms with E-state index in [0.29, 0.717) is 6.54 Å². The molecule has 1 aromatic rings. The zero-order valence-electron chi connectivity index (χ0n) is 13.3. The fourth-order valence-corrected chi connectivity index (χ4v) is 5.25. The highest BCUT2D eigenvalue weighted by atomic mass is 32.2. The molecule has 7 heteroatoms. The first-order valence-corrected chi connectivity index (χ1v) is 9.73. The molecule has 0 radical (unpaired) electrons. The van der Waals surface area contributed by atoms with Crippen molar-refractivity contribution in [2.45, 2.75) is 49.6 Å². The third kappa shape index (κ3) is 3.36. The summed E-state index contributed by atoms with van der Waals surface area (Å²) in [6.07, 6.45) is 9.69. The highest BCUT2D eigenvalue weighted by molar-refractivity contribution is 7.89. The lowest BCUT2D eigenvalue weighted by molar-refractivity contribution is 0.213. The van der Waals surface area contributed by atoms with E-state index < -0.39 is 10.0 Å². The highest BCUT2D eigenvalue weighted by Gasteiger charge is 2.34. The van der Waals surface area contributed by atoms with Crippen molar-refractivity contribution in [3.63, 3.8) is 0 Å². The van der Waals surface area contributed by atoms with Gasteiger partial charge in [-0.15, -0.1) is 0 Å². The smallest absolute Gasteiger partial charge is 0.262 e. The first-order valence-electron chi connectivity index (χ1n) is 8.29. The fraction of sp³-hybridized carbons (Fsp3) is 0.800. The predicted octanol–water partition coefficient (Wildman–Crippen LogP) is 1.45. The van der Waals surface area contributed by atoms with Gasteiger partial charge in [-0.3, -0.25) is 0 Å². The molecule has 3 rings (SSSR count). The number of hydrogen-bond donors (Lipinski definition) is 0. The molecule has 0 spiro atoms. The summed E-state index contributed by atoms with van der Waals surface area (Å²) in [4.78, 5) is 6.52. The molecule has 0 aliphatic carbocycles. The molecule has 124 valence electrons. The van der Waals surface area contributed by atoms with Gasteiger partial charge < -0.3 is 9.47 Å². The Bertz CT molecular complexity index is 592. The van der Waals surface area contributed by atoms with Gasteiger partial charge in [0.1, 0.15) is 0 Å². The van der Waals surface area contributed by atoms with Crippen LogP contribution in [0.1, 0.15) is 38.5 Å². The Morgan fingerprint density at radius 1 is 1.18 bits per heavy atom. The molecule has 1 aromatic heterocycles. The van der Waals surface area contributed by atoms with Crippen LogP contribution in [0.15, 0.2) is 17.6 Å². The SMILES string of the molecule is Cn1cnc(S(=O)(=O)N2CCCCC2CCN2CCCC2)c1. The third-order valence-electron chi connectivity index (χ3n) is 4.80. The van der Waals surface area contributed by atoms with Crippen LogP contribution in [0.4, 0.5) is 0 Å². The fourth-order valence-electron chi connectivity index (χ4n) is 3.56. The summed E-state index contributed by atoms with van der Waals surface area (Å²) >= 11 is 0. The minimum Gasteiger partial charge on any atom is -0.339 e. The van der Waals surface area contributed by atoms with Crippen molar-refractivity contribution in [1.82, 2.24) is 18.8 Å². The van der Waals surface area contributed by atoms with Crippen molar-refractivity contribution in [2.24, 2.45) is 7.05 Å². The van der Waals surface area contributed by atoms with Crippen LogP contribution in [-0.2, 0) is 17.1 Å². The van der Waals surface area contributed by atoms with Crippen LogP contribution in [0, 0.1) is 0 Å². The van der Waals surface area contributed by atoms with Gasteiger partial charge in [-0.25, -0.2) is 13.4 Å². The van der Waals surface area contributed by atoms with Crippen LogP contribution < -0.4 is 0 Å². The molecule has 2 saturated heterocycles. The van der Waals surface area contributed by atoms with Crippen molar-refractivity contribution in [2.75, 3.05) is 26.2 Å². The highest BCUT2D eigenvalue weighted by Crippen LogP contribution is 2.26. The van der Waals surface area contributed by atoms with Crippen molar-refractivity contribution in [3.8, 4) is 0 Å². The number of piperidine rings is 1. The second-order valence-electron chi connectivity index (χ2n) is 6.48. The average molecular weight is 326 g/mol. The molecule has 0 saturated carbocycles. The molecule has 0 N–H and O–H groups in total. The van der Waals surface area contributed by atoms with Crippen molar-refractivity contribution in [3.05, 3.63) is 12.5 Å². The van der Waals surface area contributed by atoms with E-state index in [1.807, 2.05) is 0 Å². The van der Waals surface area contributed by atoms with E-state index in [1.165, 1.54) is 25.9 Å². The molecule has 2 aliphatic heterocycles. The van der Waals surface area contributed by atoms with Gasteiger partial charge in [0, 0.05) is 25.8 Å². The van der Waals surface area contributed by atoms with Gasteiger partial charge in [-0.1, -0.05) is 6.42 Å². The molecule has 2 fully saturated rings. The Kier molecular flexibility index (Phi) is 4.84. The number of aromatic nitrogens is 2. The van der Waals surface area contributed by atoms with Crippen LogP contribution in [-0.4, -0.2) is 59.4 Å². The molecular weight excluding hydrogens is 300 g/mol. The summed E-state index contributed by atoms with van der Waals surface area (Å²) in [5, 5.41) is 0.183. The van der Waals surface area contributed by atoms with E-state index in [9.17, 15) is 8.42 Å². The monoisotopic (exact) mass is 326 g/mol. The molecule has 6 nitrogen and oxygen atoms in total. The van der Waals surface area contributed by atoms with E-state index in [0.717, 1.165) is 32.2 Å². The number of imidazole rings is 1. The van der Waals surface area contributed by atoms with Gasteiger partial charge in [0.2, 0.25) is 0 Å². The molecule has 1 atom stereocenters. The zero-order chi connectivity index (χ0) is 15.6. The number of sulfonamides is 1. The van der Waals surface area contributed by atoms with Gasteiger partial charge in [-0.05, 0) is 51.7 Å². The molecule has 1 unspecified atom stereocenters. The van der Waals surface area contributed by atoms with Gasteiger partial charge in [0.05, 0.1) is 6.33 Å². The average Bonchev–Trinajstić information content (AvgIpc) is 3.17. The van der Waals surface area contributed by atoms with E-state index in [-0.39, 0.29) is 11.1 Å². The van der Waals surface area contributed by atoms with Crippen LogP contribution in [0.25, 0.3) is 0 Å². The van der Waals surface area contributed by atoms with Crippen LogP contribution in [0.5, 0.6) is 0 Å². The first-order chi connectivity index (χ1) is 10.6. The van der Waals surface area contributed by atoms with Crippen LogP contribution in [0.2, 0.25) is 0 Å². The topological polar surface area (TPSA) is 58.4 Å². The summed E-state index contributed by atoms with van der Waals surface area (Å²) in [6, 6.07) is 0.126. The lowest BCUT2D eigenvalue weighted by Gasteiger charge is -2.35.